The second-order valence-electron chi connectivity index (χ2n) is 5.40. The van der Waals surface area contributed by atoms with Gasteiger partial charge in [0.2, 0.25) is 5.91 Å². The Morgan fingerprint density at radius 3 is 2.05 bits per heavy atom. The van der Waals surface area contributed by atoms with Crippen molar-refractivity contribution in [2.24, 2.45) is 11.8 Å². The molecule has 0 aliphatic heterocycles. The van der Waals surface area contributed by atoms with Gasteiger partial charge in [-0.1, -0.05) is 12.8 Å². The quantitative estimate of drug-likeness (QED) is 0.831. The average molecular weight is 279 g/mol. The van der Waals surface area contributed by atoms with Gasteiger partial charge in [0.15, 0.2) is 0 Å². The van der Waals surface area contributed by atoms with E-state index in [1.165, 1.54) is 0 Å². The Bertz CT molecular complexity index is 390. The molecule has 0 radical (unpaired) electrons. The van der Waals surface area contributed by atoms with E-state index >= 15 is 0 Å². The molecule has 7 heteroatoms. The summed E-state index contributed by atoms with van der Waals surface area (Å²) in [6.07, 6.45) is -2.62. The average Bonchev–Trinajstić information content (AvgIpc) is 3.09. The molecule has 2 saturated carbocycles. The van der Waals surface area contributed by atoms with E-state index in [-0.39, 0.29) is 12.8 Å². The number of alkyl halides is 3. The Labute approximate surface area is 108 Å². The van der Waals surface area contributed by atoms with Crippen LogP contribution in [0.4, 0.5) is 13.2 Å². The van der Waals surface area contributed by atoms with Crippen LogP contribution in [0, 0.1) is 11.8 Å². The lowest BCUT2D eigenvalue weighted by Crippen LogP contribution is -2.51. The first kappa shape index (κ1) is 14.1. The van der Waals surface area contributed by atoms with Crippen LogP contribution in [0.2, 0.25) is 0 Å². The van der Waals surface area contributed by atoms with E-state index in [2.05, 4.69) is 0 Å². The van der Waals surface area contributed by atoms with Gasteiger partial charge in [-0.3, -0.25) is 9.59 Å². The Morgan fingerprint density at radius 1 is 1.11 bits per heavy atom. The van der Waals surface area contributed by atoms with Gasteiger partial charge < -0.3 is 10.4 Å². The number of hydrogen-bond donors (Lipinski definition) is 2. The highest BCUT2D eigenvalue weighted by Gasteiger charge is 2.64. The lowest BCUT2D eigenvalue weighted by atomic mass is 9.78. The molecular formula is C12H16F3NO3. The largest absolute Gasteiger partial charge is 0.481 e. The molecule has 2 unspecified atom stereocenters. The number of carboxylic acids is 1. The second kappa shape index (κ2) is 4.68. The molecule has 2 atom stereocenters. The summed E-state index contributed by atoms with van der Waals surface area (Å²) in [5.41, 5.74) is -2.11. The first-order valence-corrected chi connectivity index (χ1v) is 6.38. The third kappa shape index (κ3) is 2.69. The van der Waals surface area contributed by atoms with Gasteiger partial charge in [0.05, 0.1) is 11.8 Å². The van der Waals surface area contributed by atoms with Crippen molar-refractivity contribution in [1.82, 2.24) is 5.32 Å². The molecule has 0 aromatic carbocycles. The molecule has 0 heterocycles. The molecule has 0 saturated heterocycles. The van der Waals surface area contributed by atoms with Crippen LogP contribution in [-0.4, -0.2) is 28.7 Å². The van der Waals surface area contributed by atoms with Crippen molar-refractivity contribution in [3.8, 4) is 0 Å². The van der Waals surface area contributed by atoms with Crippen molar-refractivity contribution >= 4 is 11.9 Å². The molecule has 0 aromatic rings. The van der Waals surface area contributed by atoms with Crippen LogP contribution in [0.5, 0.6) is 0 Å². The van der Waals surface area contributed by atoms with Gasteiger partial charge in [0.25, 0.3) is 0 Å². The molecule has 19 heavy (non-hydrogen) atoms. The van der Waals surface area contributed by atoms with E-state index < -0.39 is 35.4 Å². The maximum absolute atomic E-state index is 12.7. The maximum atomic E-state index is 12.7. The number of hydrogen-bond acceptors (Lipinski definition) is 2. The van der Waals surface area contributed by atoms with Crippen molar-refractivity contribution in [1.29, 1.82) is 0 Å². The van der Waals surface area contributed by atoms with Gasteiger partial charge in [-0.05, 0) is 25.7 Å². The van der Waals surface area contributed by atoms with Gasteiger partial charge in [-0.25, -0.2) is 0 Å². The summed E-state index contributed by atoms with van der Waals surface area (Å²) >= 11 is 0. The molecule has 0 aromatic heterocycles. The summed E-state index contributed by atoms with van der Waals surface area (Å²) < 4.78 is 38.2. The molecule has 108 valence electrons. The monoisotopic (exact) mass is 279 g/mol. The molecule has 2 fully saturated rings. The van der Waals surface area contributed by atoms with Crippen LogP contribution in [-0.2, 0) is 9.59 Å². The Morgan fingerprint density at radius 2 is 1.63 bits per heavy atom. The van der Waals surface area contributed by atoms with Crippen molar-refractivity contribution in [3.63, 3.8) is 0 Å². The van der Waals surface area contributed by atoms with Gasteiger partial charge in [-0.15, -0.1) is 0 Å². The third-order valence-electron chi connectivity index (χ3n) is 4.08. The van der Waals surface area contributed by atoms with Crippen LogP contribution in [0.15, 0.2) is 0 Å². The van der Waals surface area contributed by atoms with Crippen molar-refractivity contribution in [2.45, 2.75) is 50.2 Å². The zero-order valence-corrected chi connectivity index (χ0v) is 10.3. The highest BCUT2D eigenvalue weighted by molar-refractivity contribution is 5.85. The van der Waals surface area contributed by atoms with E-state index in [0.717, 1.165) is 0 Å². The number of carboxylic acid groups (broad SMARTS) is 1. The summed E-state index contributed by atoms with van der Waals surface area (Å²) in [6.45, 7) is 0. The van der Waals surface area contributed by atoms with Gasteiger partial charge in [-0.2, -0.15) is 13.2 Å². The normalized spacial score (nSPS) is 29.6. The van der Waals surface area contributed by atoms with E-state index in [4.69, 9.17) is 5.11 Å². The minimum atomic E-state index is -4.46. The van der Waals surface area contributed by atoms with E-state index in [9.17, 15) is 22.8 Å². The van der Waals surface area contributed by atoms with Gasteiger partial charge >= 0.3 is 12.1 Å². The fourth-order valence-electron chi connectivity index (χ4n) is 2.67. The summed E-state index contributed by atoms with van der Waals surface area (Å²) in [4.78, 5) is 23.0. The smallest absolute Gasteiger partial charge is 0.411 e. The lowest BCUT2D eigenvalue weighted by Gasteiger charge is -2.30. The molecule has 2 rings (SSSR count). The number of aliphatic carboxylic acids is 1. The molecule has 0 bridgehead atoms. The molecule has 1 amide bonds. The van der Waals surface area contributed by atoms with Crippen molar-refractivity contribution in [3.05, 3.63) is 0 Å². The number of rotatable bonds is 3. The summed E-state index contributed by atoms with van der Waals surface area (Å²) in [5.74, 6) is -3.57. The number of amides is 1. The summed E-state index contributed by atoms with van der Waals surface area (Å²) in [6, 6.07) is 0. The number of halogens is 3. The first-order valence-electron chi connectivity index (χ1n) is 6.38. The van der Waals surface area contributed by atoms with Gasteiger partial charge in [0, 0.05) is 0 Å². The topological polar surface area (TPSA) is 66.4 Å². The molecule has 2 N–H and O–H groups in total. The van der Waals surface area contributed by atoms with Crippen LogP contribution in [0.25, 0.3) is 0 Å². The molecule has 2 aliphatic carbocycles. The van der Waals surface area contributed by atoms with Crippen LogP contribution in [0.3, 0.4) is 0 Å². The minimum absolute atomic E-state index is 0.118. The van der Waals surface area contributed by atoms with Crippen LogP contribution >= 0.6 is 0 Å². The van der Waals surface area contributed by atoms with E-state index in [1.54, 1.807) is 0 Å². The first-order chi connectivity index (χ1) is 8.77. The second-order valence-corrected chi connectivity index (χ2v) is 5.40. The summed E-state index contributed by atoms with van der Waals surface area (Å²) in [5, 5.41) is 11.1. The van der Waals surface area contributed by atoms with Crippen molar-refractivity contribution < 1.29 is 27.9 Å². The zero-order chi connectivity index (χ0) is 14.3. The van der Waals surface area contributed by atoms with Gasteiger partial charge in [0.1, 0.15) is 5.54 Å². The third-order valence-corrected chi connectivity index (χ3v) is 4.08. The van der Waals surface area contributed by atoms with E-state index in [0.29, 0.717) is 25.7 Å². The lowest BCUT2D eigenvalue weighted by molar-refractivity contribution is -0.172. The predicted octanol–water partition coefficient (Wildman–Crippen LogP) is 2.09. The Hall–Kier alpha value is -1.27. The van der Waals surface area contributed by atoms with Crippen LogP contribution in [0.1, 0.15) is 38.5 Å². The SMILES string of the molecule is O=C(O)C1CCCCC1C(=O)NC1(C(F)(F)F)CC1. The Balaban J connectivity index is 2.05. The fraction of sp³-hybridized carbons (Fsp3) is 0.833. The zero-order valence-electron chi connectivity index (χ0n) is 10.3. The van der Waals surface area contributed by atoms with E-state index in [1.807, 2.05) is 5.32 Å². The molecule has 4 nitrogen and oxygen atoms in total. The highest BCUT2D eigenvalue weighted by atomic mass is 19.4. The summed E-state index contributed by atoms with van der Waals surface area (Å²) in [7, 11) is 0. The standard InChI is InChI=1S/C12H16F3NO3/c13-12(14,15)11(5-6-11)16-9(17)7-3-1-2-4-8(7)10(18)19/h7-8H,1-6H2,(H,16,17)(H,18,19). The molecule has 0 spiro atoms. The van der Waals surface area contributed by atoms with Crippen molar-refractivity contribution in [2.75, 3.05) is 0 Å². The number of carbonyl (C=O) groups is 2. The Kier molecular flexibility index (Phi) is 3.49. The molecule has 2 aliphatic rings. The highest BCUT2D eigenvalue weighted by Crippen LogP contribution is 2.49. The molecular weight excluding hydrogens is 263 g/mol. The number of carbonyl (C=O) groups excluding carboxylic acids is 1. The van der Waals surface area contributed by atoms with Crippen LogP contribution < -0.4 is 5.32 Å². The number of nitrogens with one attached hydrogen (secondary N) is 1. The minimum Gasteiger partial charge on any atom is -0.481 e. The fourth-order valence-corrected chi connectivity index (χ4v) is 2.67. The predicted molar refractivity (Wildman–Crippen MR) is 59.2 cm³/mol. The maximum Gasteiger partial charge on any atom is 0.411 e.